The van der Waals surface area contributed by atoms with Crippen molar-refractivity contribution in [1.82, 2.24) is 0 Å². The van der Waals surface area contributed by atoms with E-state index in [-0.39, 0.29) is 58.8 Å². The molecule has 286 valence electrons. The molecule has 2 heteroatoms. The summed E-state index contributed by atoms with van der Waals surface area (Å²) in [6.45, 7) is 0. The summed E-state index contributed by atoms with van der Waals surface area (Å²) in [6, 6.07) is 58.9. The highest BCUT2D eigenvalue weighted by atomic mass is 32.1. The first-order chi connectivity index (χ1) is 33.6. The summed E-state index contributed by atoms with van der Waals surface area (Å²) >= 11 is 1.53. The van der Waals surface area contributed by atoms with Crippen LogP contribution < -0.4 is 4.90 Å². The predicted molar refractivity (Wildman–Crippen MR) is 260 cm³/mol. The number of nitrogens with zero attached hydrogens (tertiary/aromatic N) is 1. The number of anilines is 3. The monoisotopic (exact) mass is 801 g/mol. The van der Waals surface area contributed by atoms with Crippen molar-refractivity contribution >= 4 is 59.3 Å². The lowest BCUT2D eigenvalue weighted by Crippen LogP contribution is -2.28. The van der Waals surface area contributed by atoms with Gasteiger partial charge in [0.15, 0.2) is 0 Å². The van der Waals surface area contributed by atoms with Gasteiger partial charge in [-0.2, -0.15) is 0 Å². The standard InChI is InChI=1S/C59H39NS/c1-3-19-43(20-4-1)59(44-21-5-2-6-22-44)55-30-11-9-25-51(55)52-37-36-47(39-56(52)59)60(45-34-32-41(33-35-45)49-27-14-17-40-16-7-8-24-48(40)49)46-23-13-18-42(38-46)50-28-15-29-54-53-26-10-12-31-57(53)61-58(50)54/h1-39H/i13D,18D,23D,32D,33D,34D,35D,38D. The third kappa shape index (κ3) is 5.60. The average Bonchev–Trinajstić information content (AvgIpc) is 3.92. The minimum Gasteiger partial charge on any atom is -0.310 e. The van der Waals surface area contributed by atoms with Crippen LogP contribution in [0.25, 0.3) is 64.3 Å². The second-order valence-corrected chi connectivity index (χ2v) is 16.4. The fraction of sp³-hybridized carbons (Fsp3) is 0.0169. The Labute approximate surface area is 371 Å². The molecule has 0 atom stereocenters. The average molecular weight is 802 g/mol. The van der Waals surface area contributed by atoms with Gasteiger partial charge in [-0.15, -0.1) is 11.3 Å². The summed E-state index contributed by atoms with van der Waals surface area (Å²) in [5.41, 5.74) is 6.44. The molecule has 1 aromatic heterocycles. The Balaban J connectivity index is 1.19. The molecule has 0 N–H and O–H groups in total. The van der Waals surface area contributed by atoms with Crippen LogP contribution in [-0.2, 0) is 5.41 Å². The topological polar surface area (TPSA) is 3.24 Å². The van der Waals surface area contributed by atoms with E-state index >= 15 is 0 Å². The summed E-state index contributed by atoms with van der Waals surface area (Å²) in [7, 11) is 0. The molecule has 0 radical (unpaired) electrons. The number of thiophene rings is 1. The van der Waals surface area contributed by atoms with Crippen molar-refractivity contribution in [3.05, 3.63) is 259 Å². The van der Waals surface area contributed by atoms with Crippen molar-refractivity contribution in [3.63, 3.8) is 0 Å². The van der Waals surface area contributed by atoms with Crippen LogP contribution >= 0.6 is 11.3 Å². The molecule has 1 aliphatic rings. The van der Waals surface area contributed by atoms with E-state index in [4.69, 9.17) is 0 Å². The second kappa shape index (κ2) is 14.3. The maximum Gasteiger partial charge on any atom is 0.0714 e. The molecular formula is C59H39NS. The van der Waals surface area contributed by atoms with Crippen LogP contribution in [0.15, 0.2) is 236 Å². The lowest BCUT2D eigenvalue weighted by molar-refractivity contribution is 0.768. The highest BCUT2D eigenvalue weighted by Crippen LogP contribution is 2.57. The maximum absolute atomic E-state index is 10.2. The van der Waals surface area contributed by atoms with Crippen LogP contribution in [0.3, 0.4) is 0 Å². The highest BCUT2D eigenvalue weighted by molar-refractivity contribution is 7.26. The van der Waals surface area contributed by atoms with Crippen LogP contribution in [0, 0.1) is 0 Å². The smallest absolute Gasteiger partial charge is 0.0714 e. The van der Waals surface area contributed by atoms with Crippen LogP contribution in [0.1, 0.15) is 33.2 Å². The molecule has 0 saturated carbocycles. The van der Waals surface area contributed by atoms with Crippen LogP contribution in [0.4, 0.5) is 17.1 Å². The summed E-state index contributed by atoms with van der Waals surface area (Å²) in [4.78, 5) is 1.48. The van der Waals surface area contributed by atoms with Crippen LogP contribution in [-0.4, -0.2) is 0 Å². The largest absolute Gasteiger partial charge is 0.310 e. The van der Waals surface area contributed by atoms with Crippen molar-refractivity contribution in [3.8, 4) is 33.4 Å². The van der Waals surface area contributed by atoms with E-state index in [1.165, 1.54) is 16.2 Å². The number of fused-ring (bicyclic) bond motifs is 7. The van der Waals surface area contributed by atoms with Gasteiger partial charge >= 0.3 is 0 Å². The summed E-state index contributed by atoms with van der Waals surface area (Å²) < 4.78 is 80.1. The van der Waals surface area contributed by atoms with Gasteiger partial charge in [0.1, 0.15) is 0 Å². The molecule has 12 rings (SSSR count). The number of rotatable bonds is 7. The molecule has 1 heterocycles. The maximum atomic E-state index is 10.2. The molecule has 61 heavy (non-hydrogen) atoms. The molecule has 0 bridgehead atoms. The summed E-state index contributed by atoms with van der Waals surface area (Å²) in [5.74, 6) is 0. The third-order valence-electron chi connectivity index (χ3n) is 12.1. The molecule has 1 nitrogen and oxygen atoms in total. The Morgan fingerprint density at radius 2 is 1.03 bits per heavy atom. The number of benzene rings is 10. The molecule has 0 unspecified atom stereocenters. The molecule has 10 aromatic carbocycles. The Bertz CT molecular complexity index is 3830. The first-order valence-electron chi connectivity index (χ1n) is 24.4. The lowest BCUT2D eigenvalue weighted by atomic mass is 9.67. The fourth-order valence-corrected chi connectivity index (χ4v) is 10.7. The zero-order valence-electron chi connectivity index (χ0n) is 40.8. The first kappa shape index (κ1) is 28.0. The van der Waals surface area contributed by atoms with Crippen molar-refractivity contribution in [1.29, 1.82) is 0 Å². The van der Waals surface area contributed by atoms with Crippen LogP contribution in [0.2, 0.25) is 0 Å². The van der Waals surface area contributed by atoms with E-state index in [2.05, 4.69) is 36.4 Å². The zero-order valence-corrected chi connectivity index (χ0v) is 33.6. The van der Waals surface area contributed by atoms with E-state index < -0.39 is 17.5 Å². The van der Waals surface area contributed by atoms with Gasteiger partial charge in [0.25, 0.3) is 0 Å². The second-order valence-electron chi connectivity index (χ2n) is 15.3. The Hall–Kier alpha value is -7.52. The molecule has 0 saturated heterocycles. The minimum atomic E-state index is -0.871. The third-order valence-corrected chi connectivity index (χ3v) is 13.3. The Morgan fingerprint density at radius 3 is 1.85 bits per heavy atom. The minimum absolute atomic E-state index is 0.124. The number of hydrogen-bond acceptors (Lipinski definition) is 2. The van der Waals surface area contributed by atoms with Gasteiger partial charge in [0.05, 0.1) is 16.4 Å². The summed E-state index contributed by atoms with van der Waals surface area (Å²) in [5, 5.41) is 3.62. The molecule has 0 fully saturated rings. The quantitative estimate of drug-likeness (QED) is 0.155. The molecule has 0 amide bonds. The molecule has 0 spiro atoms. The molecule has 1 aliphatic carbocycles. The lowest BCUT2D eigenvalue weighted by Gasteiger charge is -2.35. The van der Waals surface area contributed by atoms with Gasteiger partial charge in [-0.25, -0.2) is 0 Å². The molecule has 0 aliphatic heterocycles. The van der Waals surface area contributed by atoms with Gasteiger partial charge in [0.2, 0.25) is 0 Å². The predicted octanol–water partition coefficient (Wildman–Crippen LogP) is 16.4. The van der Waals surface area contributed by atoms with E-state index in [9.17, 15) is 11.0 Å². The summed E-state index contributed by atoms with van der Waals surface area (Å²) in [6.07, 6.45) is 0. The van der Waals surface area contributed by atoms with E-state index in [0.717, 1.165) is 64.3 Å². The SMILES string of the molecule is [2H]c1c([2H])c(-c2cccc3c2sc2ccccc23)c([2H])c(N(c2ccc3c(c2)C(c2ccccc2)(c2ccccc2)c2ccccc2-3)c2c([2H])c([2H])c(-c3cccc4ccccc34)c([2H])c2[2H])c1[2H]. The van der Waals surface area contributed by atoms with E-state index in [1.54, 1.807) is 6.07 Å². The van der Waals surface area contributed by atoms with Gasteiger partial charge in [0, 0.05) is 37.2 Å². The highest BCUT2D eigenvalue weighted by Gasteiger charge is 2.46. The number of hydrogen-bond donors (Lipinski definition) is 0. The molecular weight excluding hydrogens is 755 g/mol. The normalized spacial score (nSPS) is 14.6. The fourth-order valence-electron chi connectivity index (χ4n) is 9.46. The first-order valence-corrected chi connectivity index (χ1v) is 21.2. The van der Waals surface area contributed by atoms with Crippen LogP contribution in [0.5, 0.6) is 0 Å². The van der Waals surface area contributed by atoms with Gasteiger partial charge in [-0.3, -0.25) is 0 Å². The van der Waals surface area contributed by atoms with Gasteiger partial charge in [-0.05, 0) is 109 Å². The van der Waals surface area contributed by atoms with Gasteiger partial charge in [-0.1, -0.05) is 194 Å². The van der Waals surface area contributed by atoms with Crippen molar-refractivity contribution in [2.24, 2.45) is 0 Å². The zero-order chi connectivity index (χ0) is 47.3. The Morgan fingerprint density at radius 1 is 0.410 bits per heavy atom. The van der Waals surface area contributed by atoms with Crippen molar-refractivity contribution in [2.75, 3.05) is 4.90 Å². The van der Waals surface area contributed by atoms with E-state index in [1.807, 2.05) is 146 Å². The van der Waals surface area contributed by atoms with Crippen molar-refractivity contribution < 1.29 is 11.0 Å². The van der Waals surface area contributed by atoms with E-state index in [0.29, 0.717) is 16.8 Å². The molecule has 11 aromatic rings. The van der Waals surface area contributed by atoms with Crippen molar-refractivity contribution in [2.45, 2.75) is 5.41 Å². The Kier molecular flexibility index (Phi) is 6.59. The van der Waals surface area contributed by atoms with Gasteiger partial charge < -0.3 is 4.90 Å².